The summed E-state index contributed by atoms with van der Waals surface area (Å²) in [6.45, 7) is 1.77. The number of para-hydroxylation sites is 1. The van der Waals surface area contributed by atoms with Gasteiger partial charge >= 0.3 is 0 Å². The molecule has 4 aromatic carbocycles. The zero-order valence-electron chi connectivity index (χ0n) is 20.2. The van der Waals surface area contributed by atoms with E-state index in [1.165, 1.54) is 6.07 Å². The maximum Gasteiger partial charge on any atom is 0.254 e. The monoisotopic (exact) mass is 494 g/mol. The molecular weight excluding hydrogens is 470 g/mol. The second kappa shape index (κ2) is 8.96. The molecule has 37 heavy (non-hydrogen) atoms. The van der Waals surface area contributed by atoms with Crippen LogP contribution in [0.4, 0.5) is 14.5 Å². The largest absolute Gasteiger partial charge is 0.362 e. The number of carbonyl (C=O) groups is 2. The van der Waals surface area contributed by atoms with Crippen LogP contribution in [0.5, 0.6) is 0 Å². The third-order valence-electron chi connectivity index (χ3n) is 7.32. The molecule has 1 unspecified atom stereocenters. The summed E-state index contributed by atoms with van der Waals surface area (Å²) in [6.07, 6.45) is 1.80. The third-order valence-corrected chi connectivity index (χ3v) is 7.32. The van der Waals surface area contributed by atoms with Crippen LogP contribution in [-0.4, -0.2) is 11.7 Å². The van der Waals surface area contributed by atoms with Gasteiger partial charge in [0, 0.05) is 34.9 Å². The molecule has 1 amide bonds. The highest BCUT2D eigenvalue weighted by Crippen LogP contribution is 2.47. The molecule has 0 aromatic heterocycles. The number of nitrogens with one attached hydrogen (secondary N) is 2. The number of halogens is 2. The van der Waals surface area contributed by atoms with Gasteiger partial charge in [-0.3, -0.25) is 9.59 Å². The Balaban J connectivity index is 1.63. The summed E-state index contributed by atoms with van der Waals surface area (Å²) in [6, 6.07) is 21.3. The highest BCUT2D eigenvalue weighted by atomic mass is 19.1. The molecule has 184 valence electrons. The SMILES string of the molecule is CC1=C(C(=O)Nc2c(F)cccc2F)C(c2c3ccccc3cc3ccccc23)C2=C(CCCC2=O)N1. The molecule has 1 atom stereocenters. The van der Waals surface area contributed by atoms with Crippen molar-refractivity contribution < 1.29 is 18.4 Å². The van der Waals surface area contributed by atoms with Crippen LogP contribution >= 0.6 is 0 Å². The molecule has 0 saturated heterocycles. The molecule has 0 spiro atoms. The summed E-state index contributed by atoms with van der Waals surface area (Å²) >= 11 is 0. The van der Waals surface area contributed by atoms with Gasteiger partial charge in [0.1, 0.15) is 17.3 Å². The third kappa shape index (κ3) is 3.80. The lowest BCUT2D eigenvalue weighted by Crippen LogP contribution is -2.36. The smallest absolute Gasteiger partial charge is 0.254 e. The van der Waals surface area contributed by atoms with E-state index in [4.69, 9.17) is 0 Å². The second-order valence-corrected chi connectivity index (χ2v) is 9.55. The maximum atomic E-state index is 14.5. The lowest BCUT2D eigenvalue weighted by atomic mass is 9.72. The van der Waals surface area contributed by atoms with Crippen molar-refractivity contribution in [2.45, 2.75) is 32.1 Å². The first-order valence-corrected chi connectivity index (χ1v) is 12.3. The minimum atomic E-state index is -0.865. The molecule has 1 heterocycles. The van der Waals surface area contributed by atoms with Crippen LogP contribution in [-0.2, 0) is 9.59 Å². The van der Waals surface area contributed by atoms with Crippen LogP contribution in [0.3, 0.4) is 0 Å². The minimum absolute atomic E-state index is 0.0226. The van der Waals surface area contributed by atoms with Crippen molar-refractivity contribution in [3.05, 3.63) is 113 Å². The number of allylic oxidation sites excluding steroid dienone is 3. The van der Waals surface area contributed by atoms with Gasteiger partial charge in [0.25, 0.3) is 5.91 Å². The molecule has 4 aromatic rings. The number of anilines is 1. The fraction of sp³-hybridized carbons (Fsp3) is 0.161. The standard InChI is InChI=1S/C31H24F2N2O2/c1-17-26(31(37)35-30-22(32)12-6-13-23(30)33)29(28-24(34-17)14-7-15-25(28)36)27-20-10-4-2-8-18(20)16-19-9-3-5-11-21(19)27/h2-6,8-13,16,29,34H,7,14-15H2,1H3,(H,35,37). The molecule has 0 radical (unpaired) electrons. The molecule has 1 aliphatic heterocycles. The Kier molecular flexibility index (Phi) is 5.60. The Hall–Kier alpha value is -4.32. The quantitative estimate of drug-likeness (QED) is 0.305. The molecule has 0 fully saturated rings. The Morgan fingerprint density at radius 3 is 2.16 bits per heavy atom. The van der Waals surface area contributed by atoms with Gasteiger partial charge in [0.15, 0.2) is 5.78 Å². The Bertz CT molecular complexity index is 1610. The molecule has 6 rings (SSSR count). The summed E-state index contributed by atoms with van der Waals surface area (Å²) in [5, 5.41) is 9.56. The van der Waals surface area contributed by atoms with Crippen molar-refractivity contribution in [2.24, 2.45) is 0 Å². The molecule has 2 aliphatic rings. The highest BCUT2D eigenvalue weighted by molar-refractivity contribution is 6.13. The first-order chi connectivity index (χ1) is 17.9. The van der Waals surface area contributed by atoms with E-state index >= 15 is 0 Å². The van der Waals surface area contributed by atoms with Gasteiger partial charge in [0.05, 0.1) is 0 Å². The van der Waals surface area contributed by atoms with Crippen LogP contribution in [0.15, 0.2) is 95.3 Å². The zero-order valence-corrected chi connectivity index (χ0v) is 20.2. The van der Waals surface area contributed by atoms with Gasteiger partial charge in [-0.15, -0.1) is 0 Å². The van der Waals surface area contributed by atoms with Crippen LogP contribution in [0.2, 0.25) is 0 Å². The predicted octanol–water partition coefficient (Wildman–Crippen LogP) is 6.88. The van der Waals surface area contributed by atoms with Crippen molar-refractivity contribution >= 4 is 38.9 Å². The summed E-state index contributed by atoms with van der Waals surface area (Å²) in [5.74, 6) is -3.10. The summed E-state index contributed by atoms with van der Waals surface area (Å²) in [4.78, 5) is 27.3. The summed E-state index contributed by atoms with van der Waals surface area (Å²) in [7, 11) is 0. The van der Waals surface area contributed by atoms with Gasteiger partial charge < -0.3 is 10.6 Å². The highest BCUT2D eigenvalue weighted by Gasteiger charge is 2.40. The molecule has 4 nitrogen and oxygen atoms in total. The Morgan fingerprint density at radius 1 is 0.892 bits per heavy atom. The molecule has 2 N–H and O–H groups in total. The molecule has 6 heteroatoms. The number of Topliss-reactive ketones (excluding diaryl/α,β-unsaturated/α-hetero) is 1. The zero-order chi connectivity index (χ0) is 25.7. The van der Waals surface area contributed by atoms with Gasteiger partial charge in [-0.05, 0) is 65.1 Å². The summed E-state index contributed by atoms with van der Waals surface area (Å²) in [5.41, 5.74) is 2.53. The number of hydrogen-bond donors (Lipinski definition) is 2. The topological polar surface area (TPSA) is 58.2 Å². The van der Waals surface area contributed by atoms with E-state index < -0.39 is 29.1 Å². The molecule has 0 saturated carbocycles. The second-order valence-electron chi connectivity index (χ2n) is 9.55. The van der Waals surface area contributed by atoms with E-state index in [1.807, 2.05) is 48.5 Å². The van der Waals surface area contributed by atoms with Gasteiger partial charge in [-0.25, -0.2) is 8.78 Å². The first kappa shape index (κ1) is 23.1. The number of carbonyl (C=O) groups excluding carboxylic acids is 2. The van der Waals surface area contributed by atoms with Crippen molar-refractivity contribution in [1.29, 1.82) is 0 Å². The number of fused-ring (bicyclic) bond motifs is 2. The van der Waals surface area contributed by atoms with E-state index in [-0.39, 0.29) is 11.4 Å². The number of dihydropyridines is 1. The van der Waals surface area contributed by atoms with E-state index in [9.17, 15) is 18.4 Å². The average molecular weight is 495 g/mol. The Labute approximate surface area is 212 Å². The Morgan fingerprint density at radius 2 is 1.51 bits per heavy atom. The van der Waals surface area contributed by atoms with Crippen LogP contribution in [0.25, 0.3) is 21.5 Å². The van der Waals surface area contributed by atoms with Gasteiger partial charge in [0.2, 0.25) is 0 Å². The van der Waals surface area contributed by atoms with E-state index in [2.05, 4.69) is 16.7 Å². The van der Waals surface area contributed by atoms with Gasteiger partial charge in [-0.2, -0.15) is 0 Å². The molecule has 0 bridgehead atoms. The maximum absolute atomic E-state index is 14.5. The normalized spacial score (nSPS) is 17.7. The van der Waals surface area contributed by atoms with Crippen molar-refractivity contribution in [3.63, 3.8) is 0 Å². The van der Waals surface area contributed by atoms with E-state index in [1.54, 1.807) is 6.92 Å². The number of benzene rings is 4. The number of amides is 1. The van der Waals surface area contributed by atoms with E-state index in [0.29, 0.717) is 24.1 Å². The van der Waals surface area contributed by atoms with Crippen molar-refractivity contribution in [2.75, 3.05) is 5.32 Å². The first-order valence-electron chi connectivity index (χ1n) is 12.3. The van der Waals surface area contributed by atoms with Crippen molar-refractivity contribution in [1.82, 2.24) is 5.32 Å². The molecular formula is C31H24F2N2O2. The fourth-order valence-corrected chi connectivity index (χ4v) is 5.73. The van der Waals surface area contributed by atoms with Crippen molar-refractivity contribution in [3.8, 4) is 0 Å². The average Bonchev–Trinajstić information content (AvgIpc) is 2.89. The van der Waals surface area contributed by atoms with E-state index in [0.717, 1.165) is 51.4 Å². The van der Waals surface area contributed by atoms with Crippen LogP contribution in [0, 0.1) is 11.6 Å². The number of ketones is 1. The lowest BCUT2D eigenvalue weighted by Gasteiger charge is -2.35. The van der Waals surface area contributed by atoms with Crippen LogP contribution in [0.1, 0.15) is 37.7 Å². The van der Waals surface area contributed by atoms with Gasteiger partial charge in [-0.1, -0.05) is 54.6 Å². The fourth-order valence-electron chi connectivity index (χ4n) is 5.73. The van der Waals surface area contributed by atoms with Crippen LogP contribution < -0.4 is 10.6 Å². The predicted molar refractivity (Wildman–Crippen MR) is 141 cm³/mol. The minimum Gasteiger partial charge on any atom is -0.362 e. The molecule has 1 aliphatic carbocycles. The number of hydrogen-bond acceptors (Lipinski definition) is 3. The number of rotatable bonds is 3. The summed E-state index contributed by atoms with van der Waals surface area (Å²) < 4.78 is 29.0. The lowest BCUT2D eigenvalue weighted by molar-refractivity contribution is -0.116.